The quantitative estimate of drug-likeness (QED) is 0.860. The maximum absolute atomic E-state index is 12.4. The lowest BCUT2D eigenvalue weighted by Gasteiger charge is -2.29. The minimum atomic E-state index is -0.110. The van der Waals surface area contributed by atoms with Gasteiger partial charge in [0.15, 0.2) is 0 Å². The molecule has 1 aromatic carbocycles. The van der Waals surface area contributed by atoms with E-state index in [1.807, 2.05) is 24.3 Å². The van der Waals surface area contributed by atoms with Gasteiger partial charge in [-0.3, -0.25) is 0 Å². The zero-order valence-electron chi connectivity index (χ0n) is 14.2. The molecule has 1 heterocycles. The first-order valence-corrected chi connectivity index (χ1v) is 8.61. The fourth-order valence-corrected chi connectivity index (χ4v) is 2.91. The smallest absolute Gasteiger partial charge is 0.315 e. The van der Waals surface area contributed by atoms with E-state index in [2.05, 4.69) is 31.4 Å². The van der Waals surface area contributed by atoms with Crippen LogP contribution < -0.4 is 10.6 Å². The Morgan fingerprint density at radius 3 is 2.43 bits per heavy atom. The van der Waals surface area contributed by atoms with Gasteiger partial charge in [-0.05, 0) is 42.4 Å². The third-order valence-corrected chi connectivity index (χ3v) is 4.20. The van der Waals surface area contributed by atoms with Gasteiger partial charge in [-0.25, -0.2) is 4.79 Å². The van der Waals surface area contributed by atoms with E-state index < -0.39 is 0 Å². The Morgan fingerprint density at radius 1 is 1.26 bits per heavy atom. The number of hydrogen-bond donors (Lipinski definition) is 2. The van der Waals surface area contributed by atoms with Crippen molar-refractivity contribution in [3.8, 4) is 0 Å². The summed E-state index contributed by atoms with van der Waals surface area (Å²) >= 11 is 5.97. The van der Waals surface area contributed by atoms with Gasteiger partial charge in [-0.15, -0.1) is 0 Å². The van der Waals surface area contributed by atoms with Crippen molar-refractivity contribution in [2.24, 2.45) is 5.41 Å². The fraction of sp³-hybridized carbons (Fsp3) is 0.611. The molecule has 1 fully saturated rings. The van der Waals surface area contributed by atoms with Crippen LogP contribution in [-0.2, 0) is 4.74 Å². The zero-order chi connectivity index (χ0) is 16.9. The second-order valence-electron chi connectivity index (χ2n) is 7.37. The van der Waals surface area contributed by atoms with Gasteiger partial charge < -0.3 is 15.4 Å². The van der Waals surface area contributed by atoms with E-state index in [0.717, 1.165) is 24.8 Å². The van der Waals surface area contributed by atoms with Gasteiger partial charge in [0.25, 0.3) is 0 Å². The van der Waals surface area contributed by atoms with Crippen LogP contribution in [0.4, 0.5) is 4.79 Å². The highest BCUT2D eigenvalue weighted by Gasteiger charge is 2.23. The highest BCUT2D eigenvalue weighted by atomic mass is 35.5. The first kappa shape index (κ1) is 18.1. The molecule has 1 aliphatic heterocycles. The number of rotatable bonds is 4. The Morgan fingerprint density at radius 2 is 1.87 bits per heavy atom. The van der Waals surface area contributed by atoms with Crippen LogP contribution in [0.25, 0.3) is 0 Å². The van der Waals surface area contributed by atoms with Gasteiger partial charge in [0.2, 0.25) is 0 Å². The summed E-state index contributed by atoms with van der Waals surface area (Å²) in [6.07, 6.45) is 2.60. The molecule has 128 valence electrons. The van der Waals surface area contributed by atoms with Crippen molar-refractivity contribution >= 4 is 17.6 Å². The number of benzene rings is 1. The molecule has 1 aromatic rings. The summed E-state index contributed by atoms with van der Waals surface area (Å²) in [5.41, 5.74) is 1.18. The Kier molecular flexibility index (Phi) is 6.31. The van der Waals surface area contributed by atoms with E-state index in [4.69, 9.17) is 16.3 Å². The van der Waals surface area contributed by atoms with E-state index in [9.17, 15) is 4.79 Å². The molecule has 5 heteroatoms. The average molecular weight is 339 g/mol. The first-order valence-electron chi connectivity index (χ1n) is 8.24. The van der Waals surface area contributed by atoms with E-state index in [1.54, 1.807) is 0 Å². The van der Waals surface area contributed by atoms with Crippen LogP contribution in [0.2, 0.25) is 5.02 Å². The number of hydrogen-bond acceptors (Lipinski definition) is 2. The molecule has 2 rings (SSSR count). The summed E-state index contributed by atoms with van der Waals surface area (Å²) in [5, 5.41) is 6.89. The summed E-state index contributed by atoms with van der Waals surface area (Å²) in [4.78, 5) is 12.4. The number of amides is 2. The Labute approximate surface area is 143 Å². The van der Waals surface area contributed by atoms with Crippen molar-refractivity contribution in [2.45, 2.75) is 52.1 Å². The molecule has 0 radical (unpaired) electrons. The summed E-state index contributed by atoms with van der Waals surface area (Å²) in [6.45, 7) is 7.96. The van der Waals surface area contributed by atoms with Crippen LogP contribution in [-0.4, -0.2) is 25.3 Å². The monoisotopic (exact) mass is 338 g/mol. The van der Waals surface area contributed by atoms with Gasteiger partial charge in [-0.2, -0.15) is 0 Å². The number of urea groups is 1. The zero-order valence-corrected chi connectivity index (χ0v) is 15.0. The third kappa shape index (κ3) is 6.40. The predicted molar refractivity (Wildman–Crippen MR) is 93.8 cm³/mol. The van der Waals surface area contributed by atoms with E-state index in [0.29, 0.717) is 18.2 Å². The van der Waals surface area contributed by atoms with Crippen LogP contribution >= 0.6 is 11.6 Å². The Bertz CT molecular complexity index is 505. The SMILES string of the molecule is CC(C)(C)CC(NC(=O)NC1CCOCC1)c1ccc(Cl)cc1. The third-order valence-electron chi connectivity index (χ3n) is 3.95. The summed E-state index contributed by atoms with van der Waals surface area (Å²) < 4.78 is 5.32. The van der Waals surface area contributed by atoms with E-state index in [-0.39, 0.29) is 23.5 Å². The van der Waals surface area contributed by atoms with Crippen molar-refractivity contribution in [3.63, 3.8) is 0 Å². The van der Waals surface area contributed by atoms with Crippen molar-refractivity contribution in [2.75, 3.05) is 13.2 Å². The Balaban J connectivity index is 2.01. The number of carbonyl (C=O) groups is 1. The lowest BCUT2D eigenvalue weighted by molar-refractivity contribution is 0.0799. The van der Waals surface area contributed by atoms with Crippen LogP contribution in [0, 0.1) is 5.41 Å². The van der Waals surface area contributed by atoms with E-state index in [1.165, 1.54) is 0 Å². The van der Waals surface area contributed by atoms with Gasteiger partial charge in [-0.1, -0.05) is 44.5 Å². The lowest BCUT2D eigenvalue weighted by atomic mass is 9.85. The number of nitrogens with one attached hydrogen (secondary N) is 2. The highest BCUT2D eigenvalue weighted by molar-refractivity contribution is 6.30. The summed E-state index contributed by atoms with van der Waals surface area (Å²) in [6, 6.07) is 7.74. The maximum atomic E-state index is 12.4. The van der Waals surface area contributed by atoms with Crippen LogP contribution in [0.15, 0.2) is 24.3 Å². The molecule has 0 saturated carbocycles. The second kappa shape index (κ2) is 8.02. The lowest BCUT2D eigenvalue weighted by Crippen LogP contribution is -2.46. The minimum absolute atomic E-state index is 0.0351. The fourth-order valence-electron chi connectivity index (χ4n) is 2.79. The molecule has 0 aromatic heterocycles. The van der Waals surface area contributed by atoms with Gasteiger partial charge in [0.1, 0.15) is 0 Å². The largest absolute Gasteiger partial charge is 0.381 e. The van der Waals surface area contributed by atoms with Crippen molar-refractivity contribution in [1.29, 1.82) is 0 Å². The second-order valence-corrected chi connectivity index (χ2v) is 7.81. The van der Waals surface area contributed by atoms with Gasteiger partial charge >= 0.3 is 6.03 Å². The summed E-state index contributed by atoms with van der Waals surface area (Å²) in [7, 11) is 0. The average Bonchev–Trinajstić information content (AvgIpc) is 2.47. The maximum Gasteiger partial charge on any atom is 0.315 e. The van der Waals surface area contributed by atoms with Crippen LogP contribution in [0.1, 0.15) is 51.6 Å². The molecule has 1 unspecified atom stereocenters. The molecular formula is C18H27ClN2O2. The number of carbonyl (C=O) groups excluding carboxylic acids is 1. The molecule has 4 nitrogen and oxygen atoms in total. The van der Waals surface area contributed by atoms with Crippen LogP contribution in [0.5, 0.6) is 0 Å². The number of ether oxygens (including phenoxy) is 1. The van der Waals surface area contributed by atoms with Gasteiger partial charge in [0.05, 0.1) is 6.04 Å². The summed E-state index contributed by atoms with van der Waals surface area (Å²) in [5.74, 6) is 0. The molecule has 1 aliphatic rings. The number of halogens is 1. The van der Waals surface area contributed by atoms with E-state index >= 15 is 0 Å². The normalized spacial score (nSPS) is 17.6. The molecule has 23 heavy (non-hydrogen) atoms. The molecule has 0 spiro atoms. The van der Waals surface area contributed by atoms with Crippen molar-refractivity contribution in [3.05, 3.63) is 34.9 Å². The highest BCUT2D eigenvalue weighted by Crippen LogP contribution is 2.30. The molecule has 0 aliphatic carbocycles. The standard InChI is InChI=1S/C18H27ClN2O2/c1-18(2,3)12-16(13-4-6-14(19)7-5-13)21-17(22)20-15-8-10-23-11-9-15/h4-7,15-16H,8-12H2,1-3H3,(H2,20,21,22). The Hall–Kier alpha value is -1.26. The molecule has 2 N–H and O–H groups in total. The molecule has 0 bridgehead atoms. The minimum Gasteiger partial charge on any atom is -0.381 e. The van der Waals surface area contributed by atoms with Crippen molar-refractivity contribution in [1.82, 2.24) is 10.6 Å². The molecule has 2 amide bonds. The topological polar surface area (TPSA) is 50.4 Å². The molecule has 1 saturated heterocycles. The van der Waals surface area contributed by atoms with Crippen molar-refractivity contribution < 1.29 is 9.53 Å². The first-order chi connectivity index (χ1) is 10.8. The predicted octanol–water partition coefficient (Wildman–Crippen LogP) is 4.30. The van der Waals surface area contributed by atoms with Gasteiger partial charge in [0, 0.05) is 24.3 Å². The molecule has 1 atom stereocenters. The molecular weight excluding hydrogens is 312 g/mol. The van der Waals surface area contributed by atoms with Crippen LogP contribution in [0.3, 0.4) is 0 Å².